The predicted octanol–water partition coefficient (Wildman–Crippen LogP) is 3.11. The minimum atomic E-state index is -0.172. The van der Waals surface area contributed by atoms with Gasteiger partial charge in [-0.25, -0.2) is 4.98 Å². The van der Waals surface area contributed by atoms with Crippen molar-refractivity contribution in [2.75, 3.05) is 13.7 Å². The van der Waals surface area contributed by atoms with Crippen LogP contribution in [-0.2, 0) is 11.2 Å². The van der Waals surface area contributed by atoms with Crippen LogP contribution < -0.4 is 10.5 Å². The summed E-state index contributed by atoms with van der Waals surface area (Å²) in [7, 11) is 1.66. The van der Waals surface area contributed by atoms with Gasteiger partial charge in [0.05, 0.1) is 24.9 Å². The molecular weight excluding hydrogens is 284 g/mol. The van der Waals surface area contributed by atoms with Gasteiger partial charge in [0.15, 0.2) is 0 Å². The second-order valence-electron chi connectivity index (χ2n) is 5.00. The van der Waals surface area contributed by atoms with Gasteiger partial charge in [0, 0.05) is 22.9 Å². The van der Waals surface area contributed by atoms with Crippen molar-refractivity contribution in [2.24, 2.45) is 5.73 Å². The maximum Gasteiger partial charge on any atom is 0.124 e. The third kappa shape index (κ3) is 4.03. The van der Waals surface area contributed by atoms with Crippen LogP contribution in [0.1, 0.15) is 29.2 Å². The molecule has 0 aliphatic heterocycles. The molecule has 0 fully saturated rings. The van der Waals surface area contributed by atoms with Crippen LogP contribution >= 0.6 is 11.3 Å². The van der Waals surface area contributed by atoms with Crippen LogP contribution in [0.15, 0.2) is 29.8 Å². The van der Waals surface area contributed by atoms with E-state index in [1.807, 2.05) is 43.6 Å². The fraction of sp³-hybridized carbons (Fsp3) is 0.438. The number of para-hydroxylation sites is 1. The van der Waals surface area contributed by atoms with Crippen molar-refractivity contribution in [1.29, 1.82) is 0 Å². The van der Waals surface area contributed by atoms with Gasteiger partial charge >= 0.3 is 0 Å². The number of thiazole rings is 1. The lowest BCUT2D eigenvalue weighted by atomic mass is 10.0. The van der Waals surface area contributed by atoms with Gasteiger partial charge in [0.25, 0.3) is 0 Å². The first kappa shape index (κ1) is 15.9. The van der Waals surface area contributed by atoms with E-state index in [-0.39, 0.29) is 12.1 Å². The summed E-state index contributed by atoms with van der Waals surface area (Å²) in [5, 5.41) is 0. The van der Waals surface area contributed by atoms with Crippen LogP contribution in [0.25, 0.3) is 0 Å². The molecule has 0 aliphatic rings. The first-order valence-corrected chi connectivity index (χ1v) is 7.90. The van der Waals surface area contributed by atoms with Gasteiger partial charge in [-0.2, -0.15) is 0 Å². The van der Waals surface area contributed by atoms with Gasteiger partial charge in [-0.15, -0.1) is 11.3 Å². The number of hydrogen-bond acceptors (Lipinski definition) is 5. The van der Waals surface area contributed by atoms with Crippen LogP contribution in [-0.4, -0.2) is 24.7 Å². The van der Waals surface area contributed by atoms with Crippen molar-refractivity contribution in [2.45, 2.75) is 32.4 Å². The van der Waals surface area contributed by atoms with Crippen molar-refractivity contribution in [3.8, 4) is 5.75 Å². The molecule has 1 aromatic heterocycles. The molecule has 0 saturated carbocycles. The van der Waals surface area contributed by atoms with Crippen molar-refractivity contribution in [3.63, 3.8) is 0 Å². The largest absolute Gasteiger partial charge is 0.496 e. The van der Waals surface area contributed by atoms with Gasteiger partial charge in [-0.3, -0.25) is 0 Å². The number of benzene rings is 1. The van der Waals surface area contributed by atoms with Gasteiger partial charge in [0.1, 0.15) is 11.9 Å². The molecule has 2 rings (SSSR count). The van der Waals surface area contributed by atoms with Crippen LogP contribution in [0.4, 0.5) is 0 Å². The number of aryl methyl sites for hydroxylation is 1. The molecule has 114 valence electrons. The Hall–Kier alpha value is -1.43. The zero-order valence-electron chi connectivity index (χ0n) is 12.7. The Morgan fingerprint density at radius 3 is 2.71 bits per heavy atom. The molecule has 0 aliphatic carbocycles. The van der Waals surface area contributed by atoms with Crippen LogP contribution in [0.3, 0.4) is 0 Å². The lowest BCUT2D eigenvalue weighted by Crippen LogP contribution is -2.28. The van der Waals surface area contributed by atoms with E-state index in [1.165, 1.54) is 4.88 Å². The Balaban J connectivity index is 2.04. The first-order chi connectivity index (χ1) is 10.1. The topological polar surface area (TPSA) is 57.4 Å². The summed E-state index contributed by atoms with van der Waals surface area (Å²) < 4.78 is 11.4. The van der Waals surface area contributed by atoms with Crippen molar-refractivity contribution in [3.05, 3.63) is 45.9 Å². The SMILES string of the molecule is COc1ccccc1C(OCCc1scnc1C)C(C)N. The molecule has 0 saturated heterocycles. The van der Waals surface area contributed by atoms with Gasteiger partial charge in [-0.1, -0.05) is 18.2 Å². The normalized spacial score (nSPS) is 13.9. The van der Waals surface area contributed by atoms with E-state index in [1.54, 1.807) is 18.4 Å². The molecule has 4 nitrogen and oxygen atoms in total. The molecule has 1 aromatic carbocycles. The van der Waals surface area contributed by atoms with Gasteiger partial charge < -0.3 is 15.2 Å². The van der Waals surface area contributed by atoms with E-state index in [4.69, 9.17) is 15.2 Å². The molecule has 2 unspecified atom stereocenters. The lowest BCUT2D eigenvalue weighted by Gasteiger charge is -2.23. The fourth-order valence-electron chi connectivity index (χ4n) is 2.27. The standard InChI is InChI=1S/C16H22N2O2S/c1-11(17)16(13-6-4-5-7-14(13)19-3)20-9-8-15-12(2)18-10-21-15/h4-7,10-11,16H,8-9,17H2,1-3H3. The predicted molar refractivity (Wildman–Crippen MR) is 85.9 cm³/mol. The maximum atomic E-state index is 6.09. The monoisotopic (exact) mass is 306 g/mol. The van der Waals surface area contributed by atoms with Crippen LogP contribution in [0.5, 0.6) is 5.75 Å². The Labute approximate surface area is 129 Å². The number of rotatable bonds is 7. The number of hydrogen-bond donors (Lipinski definition) is 1. The minimum Gasteiger partial charge on any atom is -0.496 e. The molecule has 0 radical (unpaired) electrons. The number of ether oxygens (including phenoxy) is 2. The molecule has 0 bridgehead atoms. The Morgan fingerprint density at radius 1 is 1.33 bits per heavy atom. The van der Waals surface area contributed by atoms with E-state index in [0.717, 1.165) is 23.4 Å². The van der Waals surface area contributed by atoms with E-state index in [2.05, 4.69) is 4.98 Å². The first-order valence-electron chi connectivity index (χ1n) is 7.02. The summed E-state index contributed by atoms with van der Waals surface area (Å²) in [6, 6.07) is 7.75. The molecule has 2 atom stereocenters. The number of nitrogens with zero attached hydrogens (tertiary/aromatic N) is 1. The molecule has 1 heterocycles. The van der Waals surface area contributed by atoms with Gasteiger partial charge in [0.2, 0.25) is 0 Å². The molecule has 0 spiro atoms. The highest BCUT2D eigenvalue weighted by Gasteiger charge is 2.20. The molecule has 0 amide bonds. The second kappa shape index (κ2) is 7.54. The fourth-order valence-corrected chi connectivity index (χ4v) is 3.03. The third-order valence-electron chi connectivity index (χ3n) is 3.39. The highest BCUT2D eigenvalue weighted by atomic mass is 32.1. The Kier molecular flexibility index (Phi) is 5.73. The van der Waals surface area contributed by atoms with Crippen LogP contribution in [0, 0.1) is 6.92 Å². The molecule has 5 heteroatoms. The highest BCUT2D eigenvalue weighted by molar-refractivity contribution is 7.09. The minimum absolute atomic E-state index is 0.108. The summed E-state index contributed by atoms with van der Waals surface area (Å²) in [5.41, 5.74) is 10.0. The Bertz CT molecular complexity index is 569. The van der Waals surface area contributed by atoms with Crippen LogP contribution in [0.2, 0.25) is 0 Å². The average molecular weight is 306 g/mol. The summed E-state index contributed by atoms with van der Waals surface area (Å²) in [5.74, 6) is 0.814. The zero-order chi connectivity index (χ0) is 15.2. The maximum absolute atomic E-state index is 6.09. The van der Waals surface area contributed by atoms with E-state index in [0.29, 0.717) is 6.61 Å². The molecule has 2 aromatic rings. The Morgan fingerprint density at radius 2 is 2.10 bits per heavy atom. The highest BCUT2D eigenvalue weighted by Crippen LogP contribution is 2.29. The molecule has 21 heavy (non-hydrogen) atoms. The summed E-state index contributed by atoms with van der Waals surface area (Å²) in [6.07, 6.45) is 0.684. The van der Waals surface area contributed by atoms with Crippen molar-refractivity contribution in [1.82, 2.24) is 4.98 Å². The number of methoxy groups -OCH3 is 1. The molecular formula is C16H22N2O2S. The second-order valence-corrected chi connectivity index (χ2v) is 5.94. The summed E-state index contributed by atoms with van der Waals surface area (Å²) in [6.45, 7) is 4.59. The zero-order valence-corrected chi connectivity index (χ0v) is 13.5. The lowest BCUT2D eigenvalue weighted by molar-refractivity contribution is 0.0389. The third-order valence-corrected chi connectivity index (χ3v) is 4.39. The smallest absolute Gasteiger partial charge is 0.124 e. The van der Waals surface area contributed by atoms with E-state index in [9.17, 15) is 0 Å². The van der Waals surface area contributed by atoms with E-state index >= 15 is 0 Å². The number of aromatic nitrogens is 1. The average Bonchev–Trinajstić information content (AvgIpc) is 2.88. The number of nitrogens with two attached hydrogens (primary N) is 1. The summed E-state index contributed by atoms with van der Waals surface area (Å²) >= 11 is 1.67. The summed E-state index contributed by atoms with van der Waals surface area (Å²) in [4.78, 5) is 5.52. The molecule has 2 N–H and O–H groups in total. The van der Waals surface area contributed by atoms with Crippen molar-refractivity contribution < 1.29 is 9.47 Å². The van der Waals surface area contributed by atoms with E-state index < -0.39 is 0 Å². The quantitative estimate of drug-likeness (QED) is 0.854. The van der Waals surface area contributed by atoms with Gasteiger partial charge in [-0.05, 0) is 19.9 Å². The van der Waals surface area contributed by atoms with Crippen molar-refractivity contribution >= 4 is 11.3 Å².